The summed E-state index contributed by atoms with van der Waals surface area (Å²) < 4.78 is 0. The van der Waals surface area contributed by atoms with E-state index in [2.05, 4.69) is 29.4 Å². The first-order valence-electron chi connectivity index (χ1n) is 6.26. The van der Waals surface area contributed by atoms with Crippen LogP contribution in [0.1, 0.15) is 30.5 Å². The van der Waals surface area contributed by atoms with Gasteiger partial charge in [0, 0.05) is 0 Å². The molecule has 19 heavy (non-hydrogen) atoms. The van der Waals surface area contributed by atoms with E-state index in [1.807, 2.05) is 31.2 Å². The Bertz CT molecular complexity index is 532. The lowest BCUT2D eigenvalue weighted by molar-refractivity contribution is 0.748. The highest BCUT2D eigenvalue weighted by molar-refractivity contribution is 6.34. The van der Waals surface area contributed by atoms with Gasteiger partial charge in [-0.1, -0.05) is 60.5 Å². The lowest BCUT2D eigenvalue weighted by Gasteiger charge is -2.20. The Morgan fingerprint density at radius 2 is 1.89 bits per heavy atom. The molecule has 1 aromatic heterocycles. The second kappa shape index (κ2) is 6.27. The van der Waals surface area contributed by atoms with Gasteiger partial charge in [0.2, 0.25) is 0 Å². The standard InChI is InChI=1S/C15H16Cl2N2/c1-3-12(11-7-5-4-6-8-11)18-14-10(2)9-13(16)19-15(14)17/h4-9,12,18H,3H2,1-2H3. The summed E-state index contributed by atoms with van der Waals surface area (Å²) in [6, 6.07) is 12.3. The van der Waals surface area contributed by atoms with Gasteiger partial charge in [0.1, 0.15) is 5.15 Å². The lowest BCUT2D eigenvalue weighted by atomic mass is 10.0. The highest BCUT2D eigenvalue weighted by Crippen LogP contribution is 2.31. The van der Waals surface area contributed by atoms with Crippen molar-refractivity contribution in [2.75, 3.05) is 5.32 Å². The van der Waals surface area contributed by atoms with Crippen molar-refractivity contribution in [3.05, 3.63) is 57.8 Å². The second-order valence-electron chi connectivity index (χ2n) is 4.44. The van der Waals surface area contributed by atoms with E-state index in [0.717, 1.165) is 17.7 Å². The molecular weight excluding hydrogens is 279 g/mol. The van der Waals surface area contributed by atoms with Crippen LogP contribution in [0.3, 0.4) is 0 Å². The number of aromatic nitrogens is 1. The molecule has 2 nitrogen and oxygen atoms in total. The number of rotatable bonds is 4. The summed E-state index contributed by atoms with van der Waals surface area (Å²) in [6.07, 6.45) is 0.961. The molecule has 4 heteroatoms. The first kappa shape index (κ1) is 14.2. The average molecular weight is 295 g/mol. The SMILES string of the molecule is CCC(Nc1c(C)cc(Cl)nc1Cl)c1ccccc1. The minimum Gasteiger partial charge on any atom is -0.376 e. The zero-order valence-electron chi connectivity index (χ0n) is 11.0. The van der Waals surface area contributed by atoms with Crippen molar-refractivity contribution < 1.29 is 0 Å². The minimum absolute atomic E-state index is 0.209. The number of hydrogen-bond donors (Lipinski definition) is 1. The molecule has 0 saturated carbocycles. The van der Waals surface area contributed by atoms with Gasteiger partial charge in [-0.3, -0.25) is 0 Å². The Morgan fingerprint density at radius 1 is 1.21 bits per heavy atom. The van der Waals surface area contributed by atoms with Gasteiger partial charge in [-0.2, -0.15) is 0 Å². The van der Waals surface area contributed by atoms with Crippen molar-refractivity contribution in [3.63, 3.8) is 0 Å². The normalized spacial score (nSPS) is 12.2. The van der Waals surface area contributed by atoms with Crippen LogP contribution < -0.4 is 5.32 Å². The molecule has 100 valence electrons. The van der Waals surface area contributed by atoms with E-state index >= 15 is 0 Å². The quantitative estimate of drug-likeness (QED) is 0.778. The summed E-state index contributed by atoms with van der Waals surface area (Å²) in [4.78, 5) is 4.08. The Hall–Kier alpha value is -1.25. The summed E-state index contributed by atoms with van der Waals surface area (Å²) in [6.45, 7) is 4.11. The van der Waals surface area contributed by atoms with Crippen LogP contribution in [0.2, 0.25) is 10.3 Å². The molecule has 0 bridgehead atoms. The van der Waals surface area contributed by atoms with E-state index in [9.17, 15) is 0 Å². The third-order valence-corrected chi connectivity index (χ3v) is 3.54. The predicted octanol–water partition coefficient (Wildman–Crippen LogP) is 5.26. The third kappa shape index (κ3) is 3.40. The fraction of sp³-hybridized carbons (Fsp3) is 0.267. The Labute approximate surface area is 123 Å². The number of halogens is 2. The van der Waals surface area contributed by atoms with Gasteiger partial charge in [0.15, 0.2) is 5.15 Å². The molecule has 2 aromatic rings. The van der Waals surface area contributed by atoms with Crippen molar-refractivity contribution in [2.24, 2.45) is 0 Å². The Morgan fingerprint density at radius 3 is 2.47 bits per heavy atom. The fourth-order valence-electron chi connectivity index (χ4n) is 2.05. The van der Waals surface area contributed by atoms with E-state index in [-0.39, 0.29) is 6.04 Å². The molecule has 1 unspecified atom stereocenters. The van der Waals surface area contributed by atoms with Crippen LogP contribution in [-0.4, -0.2) is 4.98 Å². The van der Waals surface area contributed by atoms with E-state index < -0.39 is 0 Å². The number of aryl methyl sites for hydroxylation is 1. The van der Waals surface area contributed by atoms with Crippen molar-refractivity contribution in [1.82, 2.24) is 4.98 Å². The van der Waals surface area contributed by atoms with Crippen molar-refractivity contribution >= 4 is 28.9 Å². The van der Waals surface area contributed by atoms with Crippen molar-refractivity contribution in [3.8, 4) is 0 Å². The summed E-state index contributed by atoms with van der Waals surface area (Å²) >= 11 is 12.1. The summed E-state index contributed by atoms with van der Waals surface area (Å²) in [5.74, 6) is 0. The molecule has 1 aromatic carbocycles. The van der Waals surface area contributed by atoms with Crippen molar-refractivity contribution in [2.45, 2.75) is 26.3 Å². The molecule has 0 aliphatic carbocycles. The van der Waals surface area contributed by atoms with Crippen LogP contribution >= 0.6 is 23.2 Å². The molecule has 0 fully saturated rings. The van der Waals surface area contributed by atoms with Gasteiger partial charge >= 0.3 is 0 Å². The molecule has 0 spiro atoms. The van der Waals surface area contributed by atoms with Crippen LogP contribution in [0.4, 0.5) is 5.69 Å². The molecule has 0 aliphatic rings. The number of pyridine rings is 1. The highest BCUT2D eigenvalue weighted by Gasteiger charge is 2.13. The maximum absolute atomic E-state index is 6.17. The first-order valence-corrected chi connectivity index (χ1v) is 7.01. The molecule has 1 N–H and O–H groups in total. The monoisotopic (exact) mass is 294 g/mol. The average Bonchev–Trinajstić information content (AvgIpc) is 2.39. The van der Waals surface area contributed by atoms with Gasteiger partial charge < -0.3 is 5.32 Å². The number of benzene rings is 1. The van der Waals surface area contributed by atoms with E-state index in [1.54, 1.807) is 0 Å². The van der Waals surface area contributed by atoms with Crippen LogP contribution in [0.15, 0.2) is 36.4 Å². The predicted molar refractivity (Wildman–Crippen MR) is 82.1 cm³/mol. The molecule has 1 heterocycles. The maximum Gasteiger partial charge on any atom is 0.154 e. The first-order chi connectivity index (χ1) is 9.11. The zero-order valence-corrected chi connectivity index (χ0v) is 12.5. The Kier molecular flexibility index (Phi) is 4.67. The van der Waals surface area contributed by atoms with E-state index in [1.165, 1.54) is 5.56 Å². The number of nitrogens with zero attached hydrogens (tertiary/aromatic N) is 1. The molecule has 0 radical (unpaired) electrons. The molecule has 0 amide bonds. The van der Waals surface area contributed by atoms with E-state index in [0.29, 0.717) is 10.3 Å². The second-order valence-corrected chi connectivity index (χ2v) is 5.19. The zero-order chi connectivity index (χ0) is 13.8. The van der Waals surface area contributed by atoms with Crippen LogP contribution in [0, 0.1) is 6.92 Å². The van der Waals surface area contributed by atoms with E-state index in [4.69, 9.17) is 23.2 Å². The van der Waals surface area contributed by atoms with Crippen LogP contribution in [0.5, 0.6) is 0 Å². The molecule has 1 atom stereocenters. The smallest absolute Gasteiger partial charge is 0.154 e. The maximum atomic E-state index is 6.17. The number of anilines is 1. The largest absolute Gasteiger partial charge is 0.376 e. The van der Waals surface area contributed by atoms with Crippen LogP contribution in [-0.2, 0) is 0 Å². The molecule has 0 aliphatic heterocycles. The topological polar surface area (TPSA) is 24.9 Å². The van der Waals surface area contributed by atoms with Crippen molar-refractivity contribution in [1.29, 1.82) is 0 Å². The number of hydrogen-bond acceptors (Lipinski definition) is 2. The summed E-state index contributed by atoms with van der Waals surface area (Å²) in [5.41, 5.74) is 3.08. The minimum atomic E-state index is 0.209. The highest BCUT2D eigenvalue weighted by atomic mass is 35.5. The fourth-order valence-corrected chi connectivity index (χ4v) is 2.64. The van der Waals surface area contributed by atoms with Gasteiger partial charge in [0.25, 0.3) is 0 Å². The summed E-state index contributed by atoms with van der Waals surface area (Å²) in [7, 11) is 0. The molecule has 0 saturated heterocycles. The van der Waals surface area contributed by atoms with Gasteiger partial charge in [-0.25, -0.2) is 4.98 Å². The van der Waals surface area contributed by atoms with Gasteiger partial charge in [-0.05, 0) is 30.5 Å². The lowest BCUT2D eigenvalue weighted by Crippen LogP contribution is -2.11. The van der Waals surface area contributed by atoms with Gasteiger partial charge in [0.05, 0.1) is 11.7 Å². The molecular formula is C15H16Cl2N2. The third-order valence-electron chi connectivity index (χ3n) is 3.07. The van der Waals surface area contributed by atoms with Gasteiger partial charge in [-0.15, -0.1) is 0 Å². The Balaban J connectivity index is 2.29. The molecule has 2 rings (SSSR count). The summed E-state index contributed by atoms with van der Waals surface area (Å²) in [5, 5.41) is 4.29. The number of nitrogens with one attached hydrogen (secondary N) is 1. The van der Waals surface area contributed by atoms with Crippen LogP contribution in [0.25, 0.3) is 0 Å².